The fraction of sp³-hybridized carbons (Fsp3) is 0.182. The lowest BCUT2D eigenvalue weighted by Crippen LogP contribution is -2.27. The van der Waals surface area contributed by atoms with E-state index < -0.39 is 0 Å². The Bertz CT molecular complexity index is 1050. The van der Waals surface area contributed by atoms with E-state index in [9.17, 15) is 4.79 Å². The number of aromatic nitrogens is 4. The van der Waals surface area contributed by atoms with Crippen LogP contribution in [0.3, 0.4) is 0 Å². The molecule has 0 spiro atoms. The molecule has 146 valence electrons. The molecule has 6 nitrogen and oxygen atoms in total. The maximum Gasteiger partial charge on any atom is 0.220 e. The van der Waals surface area contributed by atoms with Crippen molar-refractivity contribution in [1.82, 2.24) is 25.1 Å². The number of aryl methyl sites for hydroxylation is 1. The third kappa shape index (κ3) is 4.75. The highest BCUT2D eigenvalue weighted by atomic mass is 32.1. The van der Waals surface area contributed by atoms with Crippen molar-refractivity contribution in [1.29, 1.82) is 0 Å². The summed E-state index contributed by atoms with van der Waals surface area (Å²) in [7, 11) is 0. The van der Waals surface area contributed by atoms with Crippen LogP contribution in [0.25, 0.3) is 21.8 Å². The number of benzene rings is 1. The molecule has 3 aromatic heterocycles. The highest BCUT2D eigenvalue weighted by molar-refractivity contribution is 7.13. The van der Waals surface area contributed by atoms with Crippen LogP contribution in [-0.4, -0.2) is 32.2 Å². The summed E-state index contributed by atoms with van der Waals surface area (Å²) in [5.74, 6) is 0.0489. The van der Waals surface area contributed by atoms with Gasteiger partial charge in [0, 0.05) is 30.9 Å². The van der Waals surface area contributed by atoms with Crippen LogP contribution in [0.4, 0.5) is 0 Å². The standard InChI is InChI=1S/C22H21N5OS/c28-21(9-8-17-5-2-1-3-6-17)25-12-13-27-22(20-7-4-14-29-20)18(15-26-27)19-16-23-10-11-24-19/h1-7,10-11,14-16H,8-9,12-13H2,(H,25,28). The number of nitrogens with zero attached hydrogens (tertiary/aromatic N) is 4. The van der Waals surface area contributed by atoms with Gasteiger partial charge in [-0.3, -0.25) is 19.4 Å². The van der Waals surface area contributed by atoms with Crippen molar-refractivity contribution in [2.24, 2.45) is 0 Å². The first-order valence-corrected chi connectivity index (χ1v) is 10.4. The Balaban J connectivity index is 1.41. The predicted octanol–water partition coefficient (Wildman–Crippen LogP) is 3.82. The molecule has 7 heteroatoms. The summed E-state index contributed by atoms with van der Waals surface area (Å²) < 4.78 is 1.92. The molecule has 29 heavy (non-hydrogen) atoms. The molecular weight excluding hydrogens is 382 g/mol. The lowest BCUT2D eigenvalue weighted by atomic mass is 10.1. The first-order chi connectivity index (χ1) is 14.3. The number of rotatable bonds is 8. The monoisotopic (exact) mass is 403 g/mol. The molecule has 0 aliphatic heterocycles. The summed E-state index contributed by atoms with van der Waals surface area (Å²) >= 11 is 1.65. The van der Waals surface area contributed by atoms with Gasteiger partial charge >= 0.3 is 0 Å². The third-order valence-corrected chi connectivity index (χ3v) is 5.44. The molecule has 0 fully saturated rings. The first kappa shape index (κ1) is 19.0. The smallest absolute Gasteiger partial charge is 0.220 e. The highest BCUT2D eigenvalue weighted by Gasteiger charge is 2.16. The molecule has 0 aliphatic rings. The second-order valence-corrected chi connectivity index (χ2v) is 7.48. The molecular formula is C22H21N5OS. The number of thiophene rings is 1. The summed E-state index contributed by atoms with van der Waals surface area (Å²) in [4.78, 5) is 21.9. The van der Waals surface area contributed by atoms with Crippen molar-refractivity contribution in [2.75, 3.05) is 6.54 Å². The van der Waals surface area contributed by atoms with E-state index in [2.05, 4.69) is 26.4 Å². The van der Waals surface area contributed by atoms with E-state index in [4.69, 9.17) is 0 Å². The zero-order valence-electron chi connectivity index (χ0n) is 15.9. The van der Waals surface area contributed by atoms with E-state index >= 15 is 0 Å². The van der Waals surface area contributed by atoms with Gasteiger partial charge in [-0.05, 0) is 23.4 Å². The van der Waals surface area contributed by atoms with E-state index in [-0.39, 0.29) is 5.91 Å². The Morgan fingerprint density at radius 1 is 1.07 bits per heavy atom. The Kier molecular flexibility index (Phi) is 6.07. The molecule has 1 N–H and O–H groups in total. The second kappa shape index (κ2) is 9.25. The maximum absolute atomic E-state index is 12.2. The molecule has 0 aliphatic carbocycles. The van der Waals surface area contributed by atoms with Gasteiger partial charge in [-0.2, -0.15) is 5.10 Å². The fourth-order valence-corrected chi connectivity index (χ4v) is 3.93. The quantitative estimate of drug-likeness (QED) is 0.485. The molecule has 0 saturated heterocycles. The molecule has 3 heterocycles. The van der Waals surface area contributed by atoms with Crippen LogP contribution < -0.4 is 5.32 Å². The van der Waals surface area contributed by atoms with E-state index in [1.807, 2.05) is 52.7 Å². The van der Waals surface area contributed by atoms with Crippen LogP contribution in [0.15, 0.2) is 72.6 Å². The Morgan fingerprint density at radius 2 is 1.97 bits per heavy atom. The van der Waals surface area contributed by atoms with Gasteiger partial charge < -0.3 is 5.32 Å². The average molecular weight is 404 g/mol. The van der Waals surface area contributed by atoms with Gasteiger partial charge in [-0.1, -0.05) is 36.4 Å². The van der Waals surface area contributed by atoms with Gasteiger partial charge in [0.25, 0.3) is 0 Å². The van der Waals surface area contributed by atoms with Crippen LogP contribution in [-0.2, 0) is 17.8 Å². The van der Waals surface area contributed by atoms with Crippen molar-refractivity contribution in [3.63, 3.8) is 0 Å². The normalized spacial score (nSPS) is 10.8. The lowest BCUT2D eigenvalue weighted by molar-refractivity contribution is -0.121. The SMILES string of the molecule is O=C(CCc1ccccc1)NCCn1ncc(-c2cnccn2)c1-c1cccs1. The van der Waals surface area contributed by atoms with Crippen molar-refractivity contribution in [3.05, 3.63) is 78.2 Å². The zero-order valence-corrected chi connectivity index (χ0v) is 16.7. The van der Waals surface area contributed by atoms with Crippen molar-refractivity contribution < 1.29 is 4.79 Å². The summed E-state index contributed by atoms with van der Waals surface area (Å²) in [5, 5.41) is 9.58. The third-order valence-electron chi connectivity index (χ3n) is 4.56. The van der Waals surface area contributed by atoms with Crippen LogP contribution in [0.1, 0.15) is 12.0 Å². The molecule has 1 aromatic carbocycles. The summed E-state index contributed by atoms with van der Waals surface area (Å²) in [6.07, 6.45) is 8.11. The van der Waals surface area contributed by atoms with Gasteiger partial charge in [0.2, 0.25) is 5.91 Å². The average Bonchev–Trinajstić information content (AvgIpc) is 3.43. The largest absolute Gasteiger partial charge is 0.354 e. The van der Waals surface area contributed by atoms with Gasteiger partial charge in [-0.15, -0.1) is 11.3 Å². The lowest BCUT2D eigenvalue weighted by Gasteiger charge is -2.09. The van der Waals surface area contributed by atoms with Crippen molar-refractivity contribution in [3.8, 4) is 21.8 Å². The van der Waals surface area contributed by atoms with E-state index in [0.29, 0.717) is 19.5 Å². The molecule has 4 rings (SSSR count). The number of nitrogens with one attached hydrogen (secondary N) is 1. The van der Waals surface area contributed by atoms with Crippen LogP contribution in [0.5, 0.6) is 0 Å². The number of hydrogen-bond acceptors (Lipinski definition) is 5. The summed E-state index contributed by atoms with van der Waals surface area (Å²) in [5.41, 5.74) is 3.90. The maximum atomic E-state index is 12.2. The zero-order chi connectivity index (χ0) is 19.9. The van der Waals surface area contributed by atoms with Gasteiger partial charge in [0.1, 0.15) is 0 Å². The molecule has 0 unspecified atom stereocenters. The first-order valence-electron chi connectivity index (χ1n) is 9.48. The van der Waals surface area contributed by atoms with Crippen LogP contribution >= 0.6 is 11.3 Å². The van der Waals surface area contributed by atoms with Crippen molar-refractivity contribution in [2.45, 2.75) is 19.4 Å². The molecule has 0 bridgehead atoms. The highest BCUT2D eigenvalue weighted by Crippen LogP contribution is 2.33. The number of hydrogen-bond donors (Lipinski definition) is 1. The Morgan fingerprint density at radius 3 is 2.72 bits per heavy atom. The number of carbonyl (C=O) groups excluding carboxylic acids is 1. The molecule has 0 saturated carbocycles. The number of amides is 1. The minimum Gasteiger partial charge on any atom is -0.354 e. The minimum atomic E-state index is 0.0489. The molecule has 4 aromatic rings. The van der Waals surface area contributed by atoms with E-state index in [0.717, 1.165) is 28.2 Å². The minimum absolute atomic E-state index is 0.0489. The van der Waals surface area contributed by atoms with Crippen LogP contribution in [0, 0.1) is 0 Å². The number of carbonyl (C=O) groups is 1. The Hall–Kier alpha value is -3.32. The molecule has 1 amide bonds. The predicted molar refractivity (Wildman–Crippen MR) is 114 cm³/mol. The topological polar surface area (TPSA) is 72.7 Å². The van der Waals surface area contributed by atoms with Crippen LogP contribution in [0.2, 0.25) is 0 Å². The second-order valence-electron chi connectivity index (χ2n) is 6.53. The fourth-order valence-electron chi connectivity index (χ4n) is 3.15. The van der Waals surface area contributed by atoms with Crippen molar-refractivity contribution >= 4 is 17.2 Å². The van der Waals surface area contributed by atoms with Gasteiger partial charge in [-0.25, -0.2) is 0 Å². The van der Waals surface area contributed by atoms with Gasteiger partial charge in [0.15, 0.2) is 0 Å². The Labute approximate surface area is 173 Å². The van der Waals surface area contributed by atoms with E-state index in [1.54, 1.807) is 29.9 Å². The summed E-state index contributed by atoms with van der Waals surface area (Å²) in [6.45, 7) is 1.11. The summed E-state index contributed by atoms with van der Waals surface area (Å²) in [6, 6.07) is 14.1. The van der Waals surface area contributed by atoms with E-state index in [1.165, 1.54) is 5.56 Å². The molecule has 0 atom stereocenters. The van der Waals surface area contributed by atoms with Gasteiger partial charge in [0.05, 0.1) is 35.2 Å². The molecule has 0 radical (unpaired) electrons.